The van der Waals surface area contributed by atoms with Crippen molar-refractivity contribution in [2.75, 3.05) is 20.1 Å². The molecule has 0 amide bonds. The molecule has 0 spiro atoms. The fourth-order valence-corrected chi connectivity index (χ4v) is 2.44. The summed E-state index contributed by atoms with van der Waals surface area (Å²) in [4.78, 5) is 1.28. The summed E-state index contributed by atoms with van der Waals surface area (Å²) >= 11 is 0. The van der Waals surface area contributed by atoms with Gasteiger partial charge in [-0.2, -0.15) is 13.2 Å². The average Bonchev–Trinajstić information content (AvgIpc) is 2.16. The molecular weight excluding hydrogens is 217 g/mol. The van der Waals surface area contributed by atoms with E-state index in [-0.39, 0.29) is 6.04 Å². The van der Waals surface area contributed by atoms with Gasteiger partial charge in [-0.25, -0.2) is 0 Å². The highest BCUT2D eigenvalue weighted by atomic mass is 19.4. The molecule has 0 bridgehead atoms. The lowest BCUT2D eigenvalue weighted by molar-refractivity contribution is -0.143. The molecule has 0 heterocycles. The first-order chi connectivity index (χ1) is 7.38. The molecule has 1 atom stereocenters. The van der Waals surface area contributed by atoms with Gasteiger partial charge in [0.2, 0.25) is 0 Å². The maximum Gasteiger partial charge on any atom is 0.401 e. The van der Waals surface area contributed by atoms with Crippen molar-refractivity contribution >= 4 is 0 Å². The second-order valence-electron chi connectivity index (χ2n) is 4.87. The van der Waals surface area contributed by atoms with Gasteiger partial charge in [-0.05, 0) is 25.8 Å². The number of nitrogens with zero attached hydrogens (tertiary/aromatic N) is 1. The summed E-state index contributed by atoms with van der Waals surface area (Å²) in [5.74, 6) is 0.407. The van der Waals surface area contributed by atoms with Gasteiger partial charge < -0.3 is 5.73 Å². The normalized spacial score (nSPS) is 21.4. The van der Waals surface area contributed by atoms with Gasteiger partial charge in [0, 0.05) is 12.6 Å². The lowest BCUT2D eigenvalue weighted by atomic mass is 9.84. The summed E-state index contributed by atoms with van der Waals surface area (Å²) in [5, 5.41) is 0. The minimum absolute atomic E-state index is 0.118. The predicted octanol–water partition coefficient (Wildman–Crippen LogP) is 2.39. The summed E-state index contributed by atoms with van der Waals surface area (Å²) in [6.45, 7) is -0.530. The Hall–Kier alpha value is -0.290. The van der Waals surface area contributed by atoms with Gasteiger partial charge in [-0.3, -0.25) is 4.90 Å². The van der Waals surface area contributed by atoms with Crippen molar-refractivity contribution in [1.29, 1.82) is 0 Å². The van der Waals surface area contributed by atoms with Crippen molar-refractivity contribution in [1.82, 2.24) is 4.90 Å². The van der Waals surface area contributed by atoms with Crippen molar-refractivity contribution < 1.29 is 13.2 Å². The van der Waals surface area contributed by atoms with Gasteiger partial charge in [0.15, 0.2) is 0 Å². The van der Waals surface area contributed by atoms with E-state index in [1.165, 1.54) is 31.2 Å². The number of nitrogens with two attached hydrogens (primary N) is 1. The van der Waals surface area contributed by atoms with Crippen LogP contribution in [0.15, 0.2) is 0 Å². The SMILES string of the molecule is CN(CC(N)C1CCCCC1)CC(F)(F)F. The molecule has 0 aliphatic heterocycles. The van der Waals surface area contributed by atoms with E-state index in [1.807, 2.05) is 0 Å². The van der Waals surface area contributed by atoms with Crippen LogP contribution in [0.3, 0.4) is 0 Å². The van der Waals surface area contributed by atoms with Crippen molar-refractivity contribution in [3.05, 3.63) is 0 Å². The van der Waals surface area contributed by atoms with E-state index in [2.05, 4.69) is 0 Å². The van der Waals surface area contributed by atoms with E-state index in [0.29, 0.717) is 12.5 Å². The number of halogens is 3. The molecule has 1 saturated carbocycles. The Labute approximate surface area is 95.0 Å². The molecule has 1 unspecified atom stereocenters. The zero-order valence-corrected chi connectivity index (χ0v) is 9.76. The quantitative estimate of drug-likeness (QED) is 0.814. The van der Waals surface area contributed by atoms with Crippen LogP contribution in [0.5, 0.6) is 0 Å². The Kier molecular flexibility index (Phi) is 5.05. The van der Waals surface area contributed by atoms with Crippen LogP contribution >= 0.6 is 0 Å². The molecule has 0 aromatic rings. The fourth-order valence-electron chi connectivity index (χ4n) is 2.44. The van der Waals surface area contributed by atoms with E-state index in [4.69, 9.17) is 5.73 Å². The Morgan fingerprint density at radius 1 is 1.25 bits per heavy atom. The van der Waals surface area contributed by atoms with Crippen LogP contribution in [0.4, 0.5) is 13.2 Å². The first-order valence-corrected chi connectivity index (χ1v) is 5.89. The van der Waals surface area contributed by atoms with Crippen LogP contribution < -0.4 is 5.73 Å². The minimum Gasteiger partial charge on any atom is -0.326 e. The van der Waals surface area contributed by atoms with Crippen molar-refractivity contribution in [2.45, 2.75) is 44.3 Å². The number of alkyl halides is 3. The third kappa shape index (κ3) is 5.16. The van der Waals surface area contributed by atoms with Gasteiger partial charge in [-0.1, -0.05) is 19.3 Å². The lowest BCUT2D eigenvalue weighted by Gasteiger charge is -2.30. The summed E-state index contributed by atoms with van der Waals surface area (Å²) in [6.07, 6.45) is 1.59. The molecule has 0 saturated heterocycles. The van der Waals surface area contributed by atoms with Gasteiger partial charge in [0.05, 0.1) is 6.54 Å². The van der Waals surface area contributed by atoms with E-state index in [1.54, 1.807) is 0 Å². The Morgan fingerprint density at radius 3 is 2.31 bits per heavy atom. The lowest BCUT2D eigenvalue weighted by Crippen LogP contribution is -2.44. The Balaban J connectivity index is 2.29. The van der Waals surface area contributed by atoms with Crippen LogP contribution in [0.1, 0.15) is 32.1 Å². The number of likely N-dealkylation sites (N-methyl/N-ethyl adjacent to an activating group) is 1. The highest BCUT2D eigenvalue weighted by molar-refractivity contribution is 4.79. The third-order valence-corrected chi connectivity index (χ3v) is 3.23. The van der Waals surface area contributed by atoms with Gasteiger partial charge in [0.25, 0.3) is 0 Å². The molecule has 16 heavy (non-hydrogen) atoms. The van der Waals surface area contributed by atoms with Gasteiger partial charge >= 0.3 is 6.18 Å². The third-order valence-electron chi connectivity index (χ3n) is 3.23. The van der Waals surface area contributed by atoms with E-state index >= 15 is 0 Å². The van der Waals surface area contributed by atoms with Crippen LogP contribution in [-0.2, 0) is 0 Å². The van der Waals surface area contributed by atoms with E-state index < -0.39 is 12.7 Å². The maximum absolute atomic E-state index is 12.1. The number of rotatable bonds is 4. The van der Waals surface area contributed by atoms with Crippen LogP contribution in [0.25, 0.3) is 0 Å². The van der Waals surface area contributed by atoms with Gasteiger partial charge in [0.1, 0.15) is 0 Å². The highest BCUT2D eigenvalue weighted by Crippen LogP contribution is 2.26. The first kappa shape index (κ1) is 13.8. The summed E-state index contributed by atoms with van der Waals surface area (Å²) in [5.41, 5.74) is 5.96. The molecule has 1 rings (SSSR count). The standard InChI is InChI=1S/C11H21F3N2/c1-16(8-11(12,13)14)7-10(15)9-5-3-2-4-6-9/h9-10H,2-8,15H2,1H3. The van der Waals surface area contributed by atoms with E-state index in [0.717, 1.165) is 12.8 Å². The number of hydrogen-bond acceptors (Lipinski definition) is 2. The molecule has 0 radical (unpaired) electrons. The van der Waals surface area contributed by atoms with Crippen molar-refractivity contribution in [3.63, 3.8) is 0 Å². The molecule has 5 heteroatoms. The molecule has 1 aliphatic carbocycles. The predicted molar refractivity (Wildman–Crippen MR) is 58.1 cm³/mol. The second kappa shape index (κ2) is 5.87. The van der Waals surface area contributed by atoms with Crippen LogP contribution in [0, 0.1) is 5.92 Å². The largest absolute Gasteiger partial charge is 0.401 e. The zero-order valence-electron chi connectivity index (χ0n) is 9.76. The smallest absolute Gasteiger partial charge is 0.326 e. The Bertz CT molecular complexity index is 200. The van der Waals surface area contributed by atoms with Crippen molar-refractivity contribution in [2.24, 2.45) is 11.7 Å². The topological polar surface area (TPSA) is 29.3 Å². The summed E-state index contributed by atoms with van der Waals surface area (Å²) < 4.78 is 36.3. The second-order valence-corrected chi connectivity index (χ2v) is 4.87. The molecule has 96 valence electrons. The van der Waals surface area contributed by atoms with Crippen molar-refractivity contribution in [3.8, 4) is 0 Å². The monoisotopic (exact) mass is 238 g/mol. The number of hydrogen-bond donors (Lipinski definition) is 1. The molecular formula is C11H21F3N2. The highest BCUT2D eigenvalue weighted by Gasteiger charge is 2.30. The fraction of sp³-hybridized carbons (Fsp3) is 1.00. The average molecular weight is 238 g/mol. The molecule has 0 aromatic carbocycles. The molecule has 2 N–H and O–H groups in total. The van der Waals surface area contributed by atoms with Crippen LogP contribution in [0.2, 0.25) is 0 Å². The zero-order chi connectivity index (χ0) is 12.2. The summed E-state index contributed by atoms with van der Waals surface area (Å²) in [7, 11) is 1.48. The molecule has 1 fully saturated rings. The molecule has 2 nitrogen and oxygen atoms in total. The van der Waals surface area contributed by atoms with E-state index in [9.17, 15) is 13.2 Å². The van der Waals surface area contributed by atoms with Crippen LogP contribution in [-0.4, -0.2) is 37.3 Å². The van der Waals surface area contributed by atoms with Gasteiger partial charge in [-0.15, -0.1) is 0 Å². The molecule has 1 aliphatic rings. The summed E-state index contributed by atoms with van der Waals surface area (Å²) in [6, 6.07) is -0.118. The minimum atomic E-state index is -4.12. The molecule has 0 aromatic heterocycles. The first-order valence-electron chi connectivity index (χ1n) is 5.89. The maximum atomic E-state index is 12.1. The Morgan fingerprint density at radius 2 is 1.81 bits per heavy atom.